The van der Waals surface area contributed by atoms with Crippen LogP contribution >= 0.6 is 0 Å². The quantitative estimate of drug-likeness (QED) is 0.772. The van der Waals surface area contributed by atoms with Crippen LogP contribution in [0.1, 0.15) is 40.2 Å². The second-order valence-electron chi connectivity index (χ2n) is 7.52. The van der Waals surface area contributed by atoms with Crippen LogP contribution < -0.4 is 15.8 Å². The highest BCUT2D eigenvalue weighted by molar-refractivity contribution is 5.93. The summed E-state index contributed by atoms with van der Waals surface area (Å²) < 4.78 is 0. The Morgan fingerprint density at radius 3 is 2.70 bits per heavy atom. The number of aromatic nitrogens is 1. The lowest BCUT2D eigenvalue weighted by Gasteiger charge is -2.37. The molecule has 0 radical (unpaired) electrons. The standard InChI is InChI=1S/C21H26N4O2/c1-14-5-2-3-6-16(14)18-13-23-24-19(18)15-8-11-25(12-9-15)20-17(21(26)27)7-4-10-22-20/h2-7,10,15,18-19,23-24H,8-9,11-13H2,1H3,(H,26,27). The van der Waals surface area contributed by atoms with Crippen LogP contribution in [-0.4, -0.2) is 41.7 Å². The number of nitrogens with zero attached hydrogens (tertiary/aromatic N) is 2. The zero-order valence-corrected chi connectivity index (χ0v) is 15.6. The number of nitrogens with one attached hydrogen (secondary N) is 2. The number of carbonyl (C=O) groups is 1. The van der Waals surface area contributed by atoms with Crippen molar-refractivity contribution in [1.82, 2.24) is 15.8 Å². The number of aryl methyl sites for hydroxylation is 1. The number of rotatable bonds is 4. The molecule has 2 aromatic rings. The molecule has 3 N–H and O–H groups in total. The minimum absolute atomic E-state index is 0.286. The molecular weight excluding hydrogens is 340 g/mol. The van der Waals surface area contributed by atoms with Gasteiger partial charge in [0.2, 0.25) is 0 Å². The van der Waals surface area contributed by atoms with Crippen molar-refractivity contribution < 1.29 is 9.90 Å². The molecule has 2 unspecified atom stereocenters. The highest BCUT2D eigenvalue weighted by Gasteiger charge is 2.37. The van der Waals surface area contributed by atoms with E-state index in [0.29, 0.717) is 23.7 Å². The van der Waals surface area contributed by atoms with Crippen LogP contribution in [0.4, 0.5) is 5.82 Å². The lowest BCUT2D eigenvalue weighted by Crippen LogP contribution is -2.44. The Hall–Kier alpha value is -2.44. The van der Waals surface area contributed by atoms with E-state index < -0.39 is 5.97 Å². The third kappa shape index (κ3) is 3.55. The lowest BCUT2D eigenvalue weighted by molar-refractivity contribution is 0.0697. The maximum atomic E-state index is 11.5. The van der Waals surface area contributed by atoms with Gasteiger partial charge < -0.3 is 10.0 Å². The first-order valence-corrected chi connectivity index (χ1v) is 9.62. The van der Waals surface area contributed by atoms with Gasteiger partial charge in [0, 0.05) is 37.8 Å². The molecular formula is C21H26N4O2. The second-order valence-corrected chi connectivity index (χ2v) is 7.52. The minimum atomic E-state index is -0.915. The van der Waals surface area contributed by atoms with E-state index in [1.54, 1.807) is 18.3 Å². The van der Waals surface area contributed by atoms with E-state index in [-0.39, 0.29) is 5.56 Å². The number of pyridine rings is 1. The fraction of sp³-hybridized carbons (Fsp3) is 0.429. The normalized spacial score (nSPS) is 23.5. The van der Waals surface area contributed by atoms with Crippen molar-refractivity contribution in [3.63, 3.8) is 0 Å². The summed E-state index contributed by atoms with van der Waals surface area (Å²) in [6.07, 6.45) is 3.72. The van der Waals surface area contributed by atoms with Crippen LogP contribution in [0, 0.1) is 12.8 Å². The fourth-order valence-corrected chi connectivity index (χ4v) is 4.55. The first-order valence-electron chi connectivity index (χ1n) is 9.62. The summed E-state index contributed by atoms with van der Waals surface area (Å²) in [7, 11) is 0. The average molecular weight is 366 g/mol. The van der Waals surface area contributed by atoms with Gasteiger partial charge in [-0.15, -0.1) is 0 Å². The average Bonchev–Trinajstić information content (AvgIpc) is 3.18. The summed E-state index contributed by atoms with van der Waals surface area (Å²) >= 11 is 0. The second kappa shape index (κ2) is 7.66. The number of hydrogen-bond donors (Lipinski definition) is 3. The maximum Gasteiger partial charge on any atom is 0.339 e. The van der Waals surface area contributed by atoms with Gasteiger partial charge >= 0.3 is 5.97 Å². The number of carboxylic acid groups (broad SMARTS) is 1. The Morgan fingerprint density at radius 1 is 1.19 bits per heavy atom. The SMILES string of the molecule is Cc1ccccc1C1CNNC1C1CCN(c2ncccc2C(=O)O)CC1. The lowest BCUT2D eigenvalue weighted by atomic mass is 9.79. The third-order valence-electron chi connectivity index (χ3n) is 5.98. The molecule has 4 rings (SSSR count). The van der Waals surface area contributed by atoms with Gasteiger partial charge in [-0.05, 0) is 48.9 Å². The molecule has 142 valence electrons. The topological polar surface area (TPSA) is 77.5 Å². The maximum absolute atomic E-state index is 11.5. The van der Waals surface area contributed by atoms with Crippen molar-refractivity contribution in [1.29, 1.82) is 0 Å². The molecule has 2 saturated heterocycles. The van der Waals surface area contributed by atoms with Crippen LogP contribution in [0.2, 0.25) is 0 Å². The zero-order chi connectivity index (χ0) is 18.8. The number of anilines is 1. The summed E-state index contributed by atoms with van der Waals surface area (Å²) in [6.45, 7) is 4.79. The van der Waals surface area contributed by atoms with Gasteiger partial charge in [0.1, 0.15) is 11.4 Å². The molecule has 0 saturated carbocycles. The Morgan fingerprint density at radius 2 is 1.96 bits per heavy atom. The number of carboxylic acids is 1. The molecule has 0 aliphatic carbocycles. The highest BCUT2D eigenvalue weighted by atomic mass is 16.4. The molecule has 2 atom stereocenters. The van der Waals surface area contributed by atoms with Crippen molar-refractivity contribution in [2.45, 2.75) is 31.7 Å². The summed E-state index contributed by atoms with van der Waals surface area (Å²) in [5.74, 6) is 0.697. The third-order valence-corrected chi connectivity index (χ3v) is 5.98. The van der Waals surface area contributed by atoms with Crippen molar-refractivity contribution in [3.05, 3.63) is 59.3 Å². The Kier molecular flexibility index (Phi) is 5.09. The van der Waals surface area contributed by atoms with E-state index >= 15 is 0 Å². The number of hydrogen-bond acceptors (Lipinski definition) is 5. The van der Waals surface area contributed by atoms with Gasteiger partial charge in [-0.2, -0.15) is 0 Å². The predicted octanol–water partition coefficient (Wildman–Crippen LogP) is 2.56. The largest absolute Gasteiger partial charge is 0.478 e. The molecule has 6 heteroatoms. The van der Waals surface area contributed by atoms with Gasteiger partial charge in [-0.25, -0.2) is 9.78 Å². The van der Waals surface area contributed by atoms with E-state index in [0.717, 1.165) is 32.5 Å². The van der Waals surface area contributed by atoms with Crippen LogP contribution in [0.5, 0.6) is 0 Å². The van der Waals surface area contributed by atoms with Crippen LogP contribution in [0.15, 0.2) is 42.6 Å². The predicted molar refractivity (Wildman–Crippen MR) is 105 cm³/mol. The van der Waals surface area contributed by atoms with E-state index in [2.05, 4.69) is 51.9 Å². The molecule has 0 bridgehead atoms. The molecule has 2 fully saturated rings. The molecule has 27 heavy (non-hydrogen) atoms. The zero-order valence-electron chi connectivity index (χ0n) is 15.6. The van der Waals surface area contributed by atoms with Gasteiger partial charge in [-0.1, -0.05) is 24.3 Å². The Bertz CT molecular complexity index is 817. The number of aromatic carboxylic acids is 1. The fourth-order valence-electron chi connectivity index (χ4n) is 4.55. The smallest absolute Gasteiger partial charge is 0.339 e. The molecule has 1 aromatic carbocycles. The van der Waals surface area contributed by atoms with Crippen molar-refractivity contribution >= 4 is 11.8 Å². The van der Waals surface area contributed by atoms with Crippen LogP contribution in [-0.2, 0) is 0 Å². The number of benzene rings is 1. The first kappa shape index (κ1) is 17.9. The molecule has 0 spiro atoms. The van der Waals surface area contributed by atoms with Gasteiger partial charge in [0.25, 0.3) is 0 Å². The molecule has 2 aliphatic heterocycles. The number of hydrazine groups is 1. The Labute approximate surface area is 159 Å². The molecule has 6 nitrogen and oxygen atoms in total. The molecule has 1 aromatic heterocycles. The van der Waals surface area contributed by atoms with Crippen molar-refractivity contribution in [3.8, 4) is 0 Å². The van der Waals surface area contributed by atoms with E-state index in [9.17, 15) is 9.90 Å². The molecule has 0 amide bonds. The van der Waals surface area contributed by atoms with E-state index in [1.165, 1.54) is 11.1 Å². The Balaban J connectivity index is 1.47. The summed E-state index contributed by atoms with van der Waals surface area (Å²) in [4.78, 5) is 17.9. The van der Waals surface area contributed by atoms with Crippen molar-refractivity contribution in [2.75, 3.05) is 24.5 Å². The summed E-state index contributed by atoms with van der Waals surface area (Å²) in [5.41, 5.74) is 9.91. The molecule has 3 heterocycles. The summed E-state index contributed by atoms with van der Waals surface area (Å²) in [5, 5.41) is 9.42. The minimum Gasteiger partial charge on any atom is -0.478 e. The first-order chi connectivity index (χ1) is 13.1. The number of piperidine rings is 1. The van der Waals surface area contributed by atoms with E-state index in [4.69, 9.17) is 0 Å². The van der Waals surface area contributed by atoms with Crippen LogP contribution in [0.3, 0.4) is 0 Å². The van der Waals surface area contributed by atoms with Gasteiger partial charge in [-0.3, -0.25) is 10.9 Å². The monoisotopic (exact) mass is 366 g/mol. The van der Waals surface area contributed by atoms with Gasteiger partial charge in [0.15, 0.2) is 0 Å². The van der Waals surface area contributed by atoms with E-state index in [1.807, 2.05) is 0 Å². The van der Waals surface area contributed by atoms with Gasteiger partial charge in [0.05, 0.1) is 0 Å². The highest BCUT2D eigenvalue weighted by Crippen LogP contribution is 2.34. The molecule has 2 aliphatic rings. The van der Waals surface area contributed by atoms with Crippen molar-refractivity contribution in [2.24, 2.45) is 5.92 Å². The summed E-state index contributed by atoms with van der Waals surface area (Å²) in [6, 6.07) is 12.3. The van der Waals surface area contributed by atoms with Crippen LogP contribution in [0.25, 0.3) is 0 Å².